The first-order chi connectivity index (χ1) is 10.4. The monoisotopic (exact) mass is 332 g/mol. The third kappa shape index (κ3) is 3.52. The zero-order valence-corrected chi connectivity index (χ0v) is 12.9. The molecule has 0 unspecified atom stereocenters. The van der Waals surface area contributed by atoms with Crippen LogP contribution in [0, 0.1) is 0 Å². The number of alkyl halides is 3. The molecule has 0 aliphatic heterocycles. The first kappa shape index (κ1) is 16.6. The van der Waals surface area contributed by atoms with Gasteiger partial charge in [-0.05, 0) is 26.0 Å². The lowest BCUT2D eigenvalue weighted by Gasteiger charge is -2.17. The molecule has 22 heavy (non-hydrogen) atoms. The predicted octanol–water partition coefficient (Wildman–Crippen LogP) is 2.71. The van der Waals surface area contributed by atoms with E-state index in [9.17, 15) is 18.0 Å². The number of carbonyl (C=O) groups excluding carboxylic acids is 1. The summed E-state index contributed by atoms with van der Waals surface area (Å²) < 4.78 is 39.5. The largest absolute Gasteiger partial charge is 0.417 e. The Hall–Kier alpha value is -1.77. The van der Waals surface area contributed by atoms with Crippen molar-refractivity contribution in [2.75, 3.05) is 18.8 Å². The summed E-state index contributed by atoms with van der Waals surface area (Å²) in [7, 11) is 0. The van der Waals surface area contributed by atoms with Gasteiger partial charge in [0.05, 0.1) is 11.3 Å². The van der Waals surface area contributed by atoms with Crippen LogP contribution in [0.1, 0.15) is 19.4 Å². The third-order valence-electron chi connectivity index (χ3n) is 3.14. The molecule has 1 amide bonds. The van der Waals surface area contributed by atoms with Gasteiger partial charge in [0, 0.05) is 19.3 Å². The molecule has 0 radical (unpaired) electrons. The highest BCUT2D eigenvalue weighted by Gasteiger charge is 2.31. The molecular formula is C13H15F3N4OS. The van der Waals surface area contributed by atoms with E-state index in [2.05, 4.69) is 10.2 Å². The van der Waals surface area contributed by atoms with Crippen molar-refractivity contribution in [3.05, 3.63) is 23.9 Å². The Morgan fingerprint density at radius 1 is 1.27 bits per heavy atom. The molecule has 2 aromatic heterocycles. The number of fused-ring (bicyclic) bond motifs is 1. The Balaban J connectivity index is 2.20. The summed E-state index contributed by atoms with van der Waals surface area (Å²) in [6.45, 7) is 4.92. The van der Waals surface area contributed by atoms with Crippen molar-refractivity contribution in [3.8, 4) is 0 Å². The van der Waals surface area contributed by atoms with Gasteiger partial charge >= 0.3 is 6.18 Å². The molecule has 0 fully saturated rings. The summed E-state index contributed by atoms with van der Waals surface area (Å²) in [5.41, 5.74) is -0.470. The molecule has 0 aromatic carbocycles. The molecule has 0 saturated heterocycles. The Labute approximate surface area is 129 Å². The lowest BCUT2D eigenvalue weighted by molar-refractivity contribution is -0.138. The van der Waals surface area contributed by atoms with Gasteiger partial charge < -0.3 is 4.90 Å². The van der Waals surface area contributed by atoms with E-state index in [0.717, 1.165) is 24.0 Å². The van der Waals surface area contributed by atoms with E-state index in [1.165, 1.54) is 10.5 Å². The molecule has 0 spiro atoms. The van der Waals surface area contributed by atoms with Crippen molar-refractivity contribution in [1.29, 1.82) is 0 Å². The topological polar surface area (TPSA) is 50.5 Å². The normalized spacial score (nSPS) is 11.9. The van der Waals surface area contributed by atoms with Crippen LogP contribution in [0.25, 0.3) is 5.65 Å². The van der Waals surface area contributed by atoms with E-state index >= 15 is 0 Å². The summed E-state index contributed by atoms with van der Waals surface area (Å²) in [5.74, 6) is 0.0253. The second-order valence-corrected chi connectivity index (χ2v) is 5.42. The summed E-state index contributed by atoms with van der Waals surface area (Å²) in [5, 5.41) is 7.91. The van der Waals surface area contributed by atoms with E-state index < -0.39 is 11.7 Å². The Morgan fingerprint density at radius 3 is 2.55 bits per heavy atom. The third-order valence-corrected chi connectivity index (χ3v) is 4.07. The lowest BCUT2D eigenvalue weighted by atomic mass is 10.3. The summed E-state index contributed by atoms with van der Waals surface area (Å²) in [6, 6.07) is 2.21. The Kier molecular flexibility index (Phi) is 4.94. The molecule has 0 aliphatic carbocycles. The molecule has 9 heteroatoms. The Bertz CT molecular complexity index is 667. The zero-order chi connectivity index (χ0) is 16.3. The molecule has 0 atom stereocenters. The highest BCUT2D eigenvalue weighted by molar-refractivity contribution is 7.99. The SMILES string of the molecule is CCN(CC)C(=O)CSc1nnc2ccc(C(F)(F)F)cn12. The number of rotatable bonds is 5. The van der Waals surface area contributed by atoms with Crippen molar-refractivity contribution < 1.29 is 18.0 Å². The fourth-order valence-corrected chi connectivity index (χ4v) is 2.75. The molecule has 0 saturated carbocycles. The molecule has 0 aliphatic rings. The fraction of sp³-hybridized carbons (Fsp3) is 0.462. The molecular weight excluding hydrogens is 317 g/mol. The van der Waals surface area contributed by atoms with Gasteiger partial charge in [-0.2, -0.15) is 13.2 Å². The minimum atomic E-state index is -4.43. The number of amides is 1. The number of pyridine rings is 1. The number of nitrogens with zero attached hydrogens (tertiary/aromatic N) is 4. The van der Waals surface area contributed by atoms with Crippen LogP contribution in [0.5, 0.6) is 0 Å². The second kappa shape index (κ2) is 6.55. The molecule has 2 aromatic rings. The van der Waals surface area contributed by atoms with Crippen molar-refractivity contribution in [2.24, 2.45) is 0 Å². The summed E-state index contributed by atoms with van der Waals surface area (Å²) in [4.78, 5) is 13.6. The smallest absolute Gasteiger partial charge is 0.343 e. The molecule has 0 N–H and O–H groups in total. The number of hydrogen-bond acceptors (Lipinski definition) is 4. The quantitative estimate of drug-likeness (QED) is 0.790. The van der Waals surface area contributed by atoms with Crippen molar-refractivity contribution in [1.82, 2.24) is 19.5 Å². The van der Waals surface area contributed by atoms with E-state index in [1.54, 1.807) is 4.90 Å². The predicted molar refractivity (Wildman–Crippen MR) is 76.6 cm³/mol. The highest BCUT2D eigenvalue weighted by Crippen LogP contribution is 2.30. The fourth-order valence-electron chi connectivity index (χ4n) is 1.93. The van der Waals surface area contributed by atoms with Crippen molar-refractivity contribution >= 4 is 23.3 Å². The lowest BCUT2D eigenvalue weighted by Crippen LogP contribution is -2.31. The zero-order valence-electron chi connectivity index (χ0n) is 12.1. The minimum Gasteiger partial charge on any atom is -0.343 e. The molecule has 2 rings (SSSR count). The number of thioether (sulfide) groups is 1. The van der Waals surface area contributed by atoms with Crippen LogP contribution in [0.3, 0.4) is 0 Å². The van der Waals surface area contributed by atoms with Gasteiger partial charge in [-0.1, -0.05) is 11.8 Å². The standard InChI is InChI=1S/C13H15F3N4OS/c1-3-19(4-2)11(21)8-22-12-18-17-10-6-5-9(7-20(10)12)13(14,15)16/h5-7H,3-4,8H2,1-2H3. The summed E-state index contributed by atoms with van der Waals surface area (Å²) in [6.07, 6.45) is -3.49. The van der Waals surface area contributed by atoms with Crippen LogP contribution in [0.2, 0.25) is 0 Å². The van der Waals surface area contributed by atoms with Crippen LogP contribution < -0.4 is 0 Å². The maximum Gasteiger partial charge on any atom is 0.417 e. The molecule has 2 heterocycles. The Morgan fingerprint density at radius 2 is 1.95 bits per heavy atom. The average Bonchev–Trinajstić information content (AvgIpc) is 2.87. The van der Waals surface area contributed by atoms with E-state index in [0.29, 0.717) is 18.7 Å². The van der Waals surface area contributed by atoms with Gasteiger partial charge in [0.2, 0.25) is 5.91 Å². The van der Waals surface area contributed by atoms with Crippen LogP contribution in [-0.4, -0.2) is 44.2 Å². The minimum absolute atomic E-state index is 0.0845. The van der Waals surface area contributed by atoms with Gasteiger partial charge in [0.15, 0.2) is 10.8 Å². The van der Waals surface area contributed by atoms with E-state index in [-0.39, 0.29) is 16.8 Å². The first-order valence-electron chi connectivity index (χ1n) is 6.69. The molecule has 5 nitrogen and oxygen atoms in total. The first-order valence-corrected chi connectivity index (χ1v) is 7.68. The van der Waals surface area contributed by atoms with Crippen molar-refractivity contribution in [2.45, 2.75) is 25.2 Å². The van der Waals surface area contributed by atoms with Gasteiger partial charge in [0.1, 0.15) is 0 Å². The maximum atomic E-state index is 12.7. The number of aromatic nitrogens is 3. The highest BCUT2D eigenvalue weighted by atomic mass is 32.2. The number of carbonyl (C=O) groups is 1. The van der Waals surface area contributed by atoms with Gasteiger partial charge in [0.25, 0.3) is 0 Å². The molecule has 0 bridgehead atoms. The maximum absolute atomic E-state index is 12.7. The van der Waals surface area contributed by atoms with Crippen molar-refractivity contribution in [3.63, 3.8) is 0 Å². The molecule has 120 valence electrons. The second-order valence-electron chi connectivity index (χ2n) is 4.48. The van der Waals surface area contributed by atoms with Gasteiger partial charge in [-0.25, -0.2) is 0 Å². The van der Waals surface area contributed by atoms with E-state index in [4.69, 9.17) is 0 Å². The number of halogens is 3. The van der Waals surface area contributed by atoms with E-state index in [1.807, 2.05) is 13.8 Å². The van der Waals surface area contributed by atoms with Crippen LogP contribution in [0.4, 0.5) is 13.2 Å². The van der Waals surface area contributed by atoms with Gasteiger partial charge in [-0.3, -0.25) is 9.20 Å². The summed E-state index contributed by atoms with van der Waals surface area (Å²) >= 11 is 1.07. The van der Waals surface area contributed by atoms with Gasteiger partial charge in [-0.15, -0.1) is 10.2 Å². The number of hydrogen-bond donors (Lipinski definition) is 0. The van der Waals surface area contributed by atoms with Crippen LogP contribution in [-0.2, 0) is 11.0 Å². The van der Waals surface area contributed by atoms with Crippen LogP contribution in [0.15, 0.2) is 23.5 Å². The van der Waals surface area contributed by atoms with Crippen LogP contribution >= 0.6 is 11.8 Å². The average molecular weight is 332 g/mol.